The van der Waals surface area contributed by atoms with Crippen LogP contribution in [0.1, 0.15) is 35.8 Å². The Morgan fingerprint density at radius 1 is 1.44 bits per heavy atom. The minimum absolute atomic E-state index is 0.201. The number of halogens is 1. The van der Waals surface area contributed by atoms with Crippen LogP contribution in [0, 0.1) is 0 Å². The molecule has 1 N–H and O–H groups in total. The summed E-state index contributed by atoms with van der Waals surface area (Å²) in [6.07, 6.45) is 3.16. The number of anilines is 1. The molecule has 2 aromatic rings. The van der Waals surface area contributed by atoms with Gasteiger partial charge in [-0.2, -0.15) is 0 Å². The average Bonchev–Trinajstić information content (AvgIpc) is 2.77. The Morgan fingerprint density at radius 3 is 2.83 bits per heavy atom. The molecule has 0 aliphatic carbocycles. The first kappa shape index (κ1) is 13.2. The molecular formula is C12H12BrN3OS. The highest BCUT2D eigenvalue weighted by Gasteiger charge is 2.11. The van der Waals surface area contributed by atoms with E-state index in [2.05, 4.69) is 45.1 Å². The minimum Gasteiger partial charge on any atom is -0.298 e. The van der Waals surface area contributed by atoms with E-state index in [4.69, 9.17) is 0 Å². The van der Waals surface area contributed by atoms with E-state index in [1.165, 1.54) is 17.5 Å². The van der Waals surface area contributed by atoms with Crippen LogP contribution in [0.2, 0.25) is 0 Å². The molecule has 0 radical (unpaired) electrons. The first-order valence-corrected chi connectivity index (χ1v) is 7.11. The zero-order valence-electron chi connectivity index (χ0n) is 9.98. The second kappa shape index (κ2) is 5.58. The number of hydrogen-bond donors (Lipinski definition) is 1. The lowest BCUT2D eigenvalue weighted by molar-refractivity contribution is 0.102. The zero-order valence-corrected chi connectivity index (χ0v) is 12.4. The second-order valence-corrected chi connectivity index (χ2v) is 5.85. The Balaban J connectivity index is 2.11. The van der Waals surface area contributed by atoms with Crippen LogP contribution in [-0.4, -0.2) is 15.9 Å². The van der Waals surface area contributed by atoms with E-state index < -0.39 is 0 Å². The molecule has 0 fully saturated rings. The van der Waals surface area contributed by atoms with Crippen LogP contribution >= 0.6 is 27.3 Å². The van der Waals surface area contributed by atoms with E-state index in [9.17, 15) is 4.79 Å². The van der Waals surface area contributed by atoms with Crippen LogP contribution in [-0.2, 0) is 0 Å². The normalized spacial score (nSPS) is 10.7. The van der Waals surface area contributed by atoms with Gasteiger partial charge in [0.25, 0.3) is 5.91 Å². The molecule has 0 atom stereocenters. The Hall–Kier alpha value is -1.27. The van der Waals surface area contributed by atoms with Crippen molar-refractivity contribution in [2.45, 2.75) is 19.8 Å². The second-order valence-electron chi connectivity index (χ2n) is 4.08. The maximum Gasteiger partial charge on any atom is 0.259 e. The summed E-state index contributed by atoms with van der Waals surface area (Å²) in [6, 6.07) is 1.72. The van der Waals surface area contributed by atoms with Crippen molar-refractivity contribution < 1.29 is 4.79 Å². The van der Waals surface area contributed by atoms with Crippen LogP contribution in [0.25, 0.3) is 0 Å². The number of thiazole rings is 1. The van der Waals surface area contributed by atoms with Gasteiger partial charge in [-0.05, 0) is 27.9 Å². The van der Waals surface area contributed by atoms with Gasteiger partial charge in [0.15, 0.2) is 5.13 Å². The summed E-state index contributed by atoms with van der Waals surface area (Å²) in [5.41, 5.74) is 1.49. The third-order valence-electron chi connectivity index (χ3n) is 2.30. The van der Waals surface area contributed by atoms with Gasteiger partial charge >= 0.3 is 0 Å². The maximum atomic E-state index is 11.9. The molecule has 18 heavy (non-hydrogen) atoms. The van der Waals surface area contributed by atoms with Gasteiger partial charge in [-0.15, -0.1) is 11.3 Å². The molecule has 2 heterocycles. The number of hydrogen-bond acceptors (Lipinski definition) is 4. The van der Waals surface area contributed by atoms with Crippen molar-refractivity contribution in [3.63, 3.8) is 0 Å². The van der Waals surface area contributed by atoms with Crippen LogP contribution in [0.3, 0.4) is 0 Å². The molecule has 1 amide bonds. The molecular weight excluding hydrogens is 314 g/mol. The predicted molar refractivity (Wildman–Crippen MR) is 76.1 cm³/mol. The summed E-state index contributed by atoms with van der Waals surface area (Å²) in [7, 11) is 0. The third kappa shape index (κ3) is 3.14. The predicted octanol–water partition coefficient (Wildman–Crippen LogP) is 3.68. The van der Waals surface area contributed by atoms with Gasteiger partial charge in [-0.3, -0.25) is 15.1 Å². The quantitative estimate of drug-likeness (QED) is 0.936. The largest absolute Gasteiger partial charge is 0.298 e. The fourth-order valence-electron chi connectivity index (χ4n) is 1.31. The number of nitrogens with zero attached hydrogens (tertiary/aromatic N) is 2. The smallest absolute Gasteiger partial charge is 0.259 e. The van der Waals surface area contributed by atoms with Crippen molar-refractivity contribution in [1.29, 1.82) is 0 Å². The first-order valence-electron chi connectivity index (χ1n) is 5.43. The lowest BCUT2D eigenvalue weighted by atomic mass is 10.2. The zero-order chi connectivity index (χ0) is 13.1. The Bertz CT molecular complexity index is 568. The van der Waals surface area contributed by atoms with Crippen molar-refractivity contribution in [3.8, 4) is 0 Å². The molecule has 0 saturated heterocycles. The fourth-order valence-corrected chi connectivity index (χ4v) is 2.55. The summed E-state index contributed by atoms with van der Waals surface area (Å²) >= 11 is 4.71. The summed E-state index contributed by atoms with van der Waals surface area (Å²) in [5.74, 6) is 0.160. The van der Waals surface area contributed by atoms with E-state index in [1.54, 1.807) is 12.3 Å². The van der Waals surface area contributed by atoms with E-state index >= 15 is 0 Å². The van der Waals surface area contributed by atoms with Crippen LogP contribution in [0.4, 0.5) is 5.13 Å². The number of aromatic nitrogens is 2. The van der Waals surface area contributed by atoms with Gasteiger partial charge in [-0.25, -0.2) is 4.98 Å². The summed E-state index contributed by atoms with van der Waals surface area (Å²) < 4.78 is 0.775. The third-order valence-corrected chi connectivity index (χ3v) is 3.51. The fraction of sp³-hybridized carbons (Fsp3) is 0.250. The molecule has 94 valence electrons. The maximum absolute atomic E-state index is 11.9. The van der Waals surface area contributed by atoms with Gasteiger partial charge in [0.2, 0.25) is 0 Å². The van der Waals surface area contributed by atoms with Crippen molar-refractivity contribution in [3.05, 3.63) is 39.6 Å². The highest BCUT2D eigenvalue weighted by Crippen LogP contribution is 2.22. The molecule has 0 saturated carbocycles. The van der Waals surface area contributed by atoms with Crippen molar-refractivity contribution >= 4 is 38.3 Å². The molecule has 0 unspecified atom stereocenters. The van der Waals surface area contributed by atoms with Crippen LogP contribution < -0.4 is 5.32 Å². The van der Waals surface area contributed by atoms with E-state index in [0.717, 1.165) is 10.2 Å². The molecule has 0 bridgehead atoms. The minimum atomic E-state index is -0.201. The van der Waals surface area contributed by atoms with Gasteiger partial charge < -0.3 is 0 Å². The topological polar surface area (TPSA) is 54.9 Å². The van der Waals surface area contributed by atoms with E-state index in [-0.39, 0.29) is 5.91 Å². The Morgan fingerprint density at radius 2 is 2.22 bits per heavy atom. The molecule has 2 aromatic heterocycles. The highest BCUT2D eigenvalue weighted by atomic mass is 79.9. The van der Waals surface area contributed by atoms with Crippen LogP contribution in [0.15, 0.2) is 28.3 Å². The molecule has 0 aliphatic heterocycles. The van der Waals surface area contributed by atoms with Crippen molar-refractivity contribution in [1.82, 2.24) is 9.97 Å². The summed E-state index contributed by atoms with van der Waals surface area (Å²) in [6.45, 7) is 4.14. The highest BCUT2D eigenvalue weighted by molar-refractivity contribution is 9.10. The van der Waals surface area contributed by atoms with Gasteiger partial charge in [0, 0.05) is 22.2 Å². The monoisotopic (exact) mass is 325 g/mol. The molecule has 4 nitrogen and oxygen atoms in total. The molecule has 2 rings (SSSR count). The Labute approximate surface area is 118 Å². The Kier molecular flexibility index (Phi) is 4.08. The standard InChI is InChI=1S/C12H12BrN3OS/c1-7(2)10-6-18-12(15-10)16-11(17)8-3-9(13)5-14-4-8/h3-7H,1-2H3,(H,15,16,17). The summed E-state index contributed by atoms with van der Waals surface area (Å²) in [4.78, 5) is 20.2. The number of carbonyl (C=O) groups is 1. The summed E-state index contributed by atoms with van der Waals surface area (Å²) in [5, 5.41) is 5.34. The van der Waals surface area contributed by atoms with Crippen molar-refractivity contribution in [2.75, 3.05) is 5.32 Å². The van der Waals surface area contributed by atoms with Crippen LogP contribution in [0.5, 0.6) is 0 Å². The molecule has 0 spiro atoms. The average molecular weight is 326 g/mol. The SMILES string of the molecule is CC(C)c1csc(NC(=O)c2cncc(Br)c2)n1. The molecule has 0 aliphatic rings. The first-order chi connectivity index (χ1) is 8.56. The number of carbonyl (C=O) groups excluding carboxylic acids is 1. The molecule has 6 heteroatoms. The lowest BCUT2D eigenvalue weighted by Crippen LogP contribution is -2.12. The number of pyridine rings is 1. The lowest BCUT2D eigenvalue weighted by Gasteiger charge is -2.02. The van der Waals surface area contributed by atoms with Gasteiger partial charge in [0.1, 0.15) is 0 Å². The van der Waals surface area contributed by atoms with E-state index in [0.29, 0.717) is 16.6 Å². The van der Waals surface area contributed by atoms with E-state index in [1.807, 2.05) is 5.38 Å². The van der Waals surface area contributed by atoms with Gasteiger partial charge in [-0.1, -0.05) is 13.8 Å². The van der Waals surface area contributed by atoms with Crippen molar-refractivity contribution in [2.24, 2.45) is 0 Å². The number of nitrogens with one attached hydrogen (secondary N) is 1. The number of amides is 1. The van der Waals surface area contributed by atoms with Gasteiger partial charge in [0.05, 0.1) is 11.3 Å². The number of rotatable bonds is 3. The molecule has 0 aromatic carbocycles.